The fourth-order valence-electron chi connectivity index (χ4n) is 1.39. The normalized spacial score (nSPS) is 11.4. The third-order valence-corrected chi connectivity index (χ3v) is 4.35. The molecule has 0 aliphatic carbocycles. The fraction of sp³-hybridized carbons (Fsp3) is 0.818. The summed E-state index contributed by atoms with van der Waals surface area (Å²) in [6.07, 6.45) is 0.195. The number of carbonyl (C=O) groups is 2. The molecule has 0 aromatic carbocycles. The van der Waals surface area contributed by atoms with Crippen molar-refractivity contribution in [2.45, 2.75) is 26.7 Å². The highest BCUT2D eigenvalue weighted by Crippen LogP contribution is 2.06. The molecule has 0 aromatic heterocycles. The quantitative estimate of drug-likeness (QED) is 0.563. The number of rotatable bonds is 9. The van der Waals surface area contributed by atoms with Crippen molar-refractivity contribution in [1.82, 2.24) is 4.31 Å². The van der Waals surface area contributed by atoms with E-state index in [-0.39, 0.29) is 38.3 Å². The summed E-state index contributed by atoms with van der Waals surface area (Å²) in [5, 5.41) is 0. The van der Waals surface area contributed by atoms with Gasteiger partial charge in [0.05, 0.1) is 19.5 Å². The molecular formula is C11H21NO6S. The first-order valence-corrected chi connectivity index (χ1v) is 7.68. The number of nitrogens with zero attached hydrogens (tertiary/aromatic N) is 1. The molecule has 0 fully saturated rings. The fourth-order valence-corrected chi connectivity index (χ4v) is 2.85. The molecule has 19 heavy (non-hydrogen) atoms. The van der Waals surface area contributed by atoms with E-state index >= 15 is 0 Å². The maximum atomic E-state index is 11.9. The molecule has 0 aromatic rings. The first-order chi connectivity index (χ1) is 8.87. The number of sulfonamides is 1. The maximum Gasteiger partial charge on any atom is 0.321 e. The summed E-state index contributed by atoms with van der Waals surface area (Å²) >= 11 is 0. The van der Waals surface area contributed by atoms with Gasteiger partial charge in [-0.05, 0) is 13.3 Å². The van der Waals surface area contributed by atoms with Crippen LogP contribution in [-0.2, 0) is 29.1 Å². The lowest BCUT2D eigenvalue weighted by atomic mass is 10.3. The Balaban J connectivity index is 4.40. The molecule has 0 aliphatic heterocycles. The molecule has 0 aliphatic rings. The topological polar surface area (TPSA) is 90.0 Å². The predicted molar refractivity (Wildman–Crippen MR) is 68.9 cm³/mol. The Morgan fingerprint density at radius 3 is 2.26 bits per heavy atom. The van der Waals surface area contributed by atoms with Crippen LogP contribution in [-0.4, -0.2) is 57.2 Å². The monoisotopic (exact) mass is 295 g/mol. The molecule has 0 radical (unpaired) electrons. The number of esters is 2. The second-order valence-electron chi connectivity index (χ2n) is 3.73. The molecular weight excluding hydrogens is 274 g/mol. The summed E-state index contributed by atoms with van der Waals surface area (Å²) in [5.41, 5.74) is 0. The van der Waals surface area contributed by atoms with Gasteiger partial charge in [-0.3, -0.25) is 9.59 Å². The summed E-state index contributed by atoms with van der Waals surface area (Å²) in [5.74, 6) is -1.24. The summed E-state index contributed by atoms with van der Waals surface area (Å²) in [7, 11) is -2.32. The van der Waals surface area contributed by atoms with Gasteiger partial charge in [0.15, 0.2) is 0 Å². The van der Waals surface area contributed by atoms with E-state index in [1.54, 1.807) is 13.8 Å². The molecule has 0 spiro atoms. The van der Waals surface area contributed by atoms with Gasteiger partial charge in [0.2, 0.25) is 10.0 Å². The lowest BCUT2D eigenvalue weighted by Gasteiger charge is -2.19. The Bertz CT molecular complexity index is 392. The summed E-state index contributed by atoms with van der Waals surface area (Å²) < 4.78 is 34.1. The van der Waals surface area contributed by atoms with Crippen LogP contribution in [0.25, 0.3) is 0 Å². The van der Waals surface area contributed by atoms with Gasteiger partial charge < -0.3 is 9.47 Å². The third-order valence-electron chi connectivity index (χ3n) is 2.37. The Kier molecular flexibility index (Phi) is 8.33. The summed E-state index contributed by atoms with van der Waals surface area (Å²) in [4.78, 5) is 22.2. The summed E-state index contributed by atoms with van der Waals surface area (Å²) in [6.45, 7) is 3.37. The van der Waals surface area contributed by atoms with E-state index in [1.165, 1.54) is 7.11 Å². The zero-order chi connectivity index (χ0) is 14.9. The van der Waals surface area contributed by atoms with Gasteiger partial charge in [0, 0.05) is 13.0 Å². The van der Waals surface area contributed by atoms with Crippen molar-refractivity contribution in [1.29, 1.82) is 0 Å². The van der Waals surface area contributed by atoms with Gasteiger partial charge in [-0.2, -0.15) is 4.31 Å². The Labute approximate surface area is 113 Å². The molecule has 0 amide bonds. The number of methoxy groups -OCH3 is 1. The van der Waals surface area contributed by atoms with Crippen LogP contribution in [0, 0.1) is 0 Å². The van der Waals surface area contributed by atoms with Gasteiger partial charge in [-0.15, -0.1) is 0 Å². The van der Waals surface area contributed by atoms with Crippen LogP contribution in [0.15, 0.2) is 0 Å². The van der Waals surface area contributed by atoms with Crippen LogP contribution in [0.3, 0.4) is 0 Å². The lowest BCUT2D eigenvalue weighted by molar-refractivity contribution is -0.143. The van der Waals surface area contributed by atoms with Gasteiger partial charge in [0.25, 0.3) is 0 Å². The average Bonchev–Trinajstić information content (AvgIpc) is 2.35. The molecule has 0 N–H and O–H groups in total. The number of hydrogen-bond donors (Lipinski definition) is 0. The van der Waals surface area contributed by atoms with Crippen molar-refractivity contribution in [2.24, 2.45) is 0 Å². The van der Waals surface area contributed by atoms with Crippen LogP contribution < -0.4 is 0 Å². The highest BCUT2D eigenvalue weighted by Gasteiger charge is 2.23. The number of hydrogen-bond acceptors (Lipinski definition) is 6. The maximum absolute atomic E-state index is 11.9. The minimum atomic E-state index is -3.56. The SMILES string of the molecule is CCOC(=O)CN(CC)S(=O)(=O)CCCC(=O)OC. The first-order valence-electron chi connectivity index (χ1n) is 6.07. The second kappa shape index (κ2) is 8.87. The van der Waals surface area contributed by atoms with Crippen molar-refractivity contribution in [3.8, 4) is 0 Å². The standard InChI is InChI=1S/C11H21NO6S/c1-4-12(9-11(14)18-5-2)19(15,16)8-6-7-10(13)17-3/h4-9H2,1-3H3. The summed E-state index contributed by atoms with van der Waals surface area (Å²) in [6, 6.07) is 0. The molecule has 0 atom stereocenters. The Morgan fingerprint density at radius 1 is 1.16 bits per heavy atom. The highest BCUT2D eigenvalue weighted by molar-refractivity contribution is 7.89. The van der Waals surface area contributed by atoms with Gasteiger partial charge in [-0.1, -0.05) is 6.92 Å². The number of carbonyl (C=O) groups excluding carboxylic acids is 2. The number of likely N-dealkylation sites (N-methyl/N-ethyl adjacent to an activating group) is 1. The third kappa shape index (κ3) is 7.12. The molecule has 0 unspecified atom stereocenters. The zero-order valence-electron chi connectivity index (χ0n) is 11.5. The van der Waals surface area contributed by atoms with Gasteiger partial charge in [0.1, 0.15) is 6.54 Å². The molecule has 0 saturated heterocycles. The number of ether oxygens (including phenoxy) is 2. The second-order valence-corrected chi connectivity index (χ2v) is 5.82. The highest BCUT2D eigenvalue weighted by atomic mass is 32.2. The van der Waals surface area contributed by atoms with E-state index in [0.29, 0.717) is 0 Å². The van der Waals surface area contributed by atoms with Crippen molar-refractivity contribution < 1.29 is 27.5 Å². The molecule has 0 bridgehead atoms. The van der Waals surface area contributed by atoms with E-state index in [0.717, 1.165) is 4.31 Å². The average molecular weight is 295 g/mol. The smallest absolute Gasteiger partial charge is 0.321 e. The van der Waals surface area contributed by atoms with E-state index < -0.39 is 22.0 Å². The van der Waals surface area contributed by atoms with E-state index in [9.17, 15) is 18.0 Å². The van der Waals surface area contributed by atoms with Crippen LogP contribution >= 0.6 is 0 Å². The van der Waals surface area contributed by atoms with Crippen LogP contribution in [0.4, 0.5) is 0 Å². The van der Waals surface area contributed by atoms with Crippen molar-refractivity contribution in [2.75, 3.05) is 32.6 Å². The minimum absolute atomic E-state index is 0.0344. The van der Waals surface area contributed by atoms with Crippen molar-refractivity contribution >= 4 is 22.0 Å². The van der Waals surface area contributed by atoms with E-state index in [4.69, 9.17) is 4.74 Å². The molecule has 0 saturated carbocycles. The lowest BCUT2D eigenvalue weighted by Crippen LogP contribution is -2.37. The van der Waals surface area contributed by atoms with Gasteiger partial charge in [-0.25, -0.2) is 8.42 Å². The molecule has 0 heterocycles. The Hall–Kier alpha value is -1.15. The van der Waals surface area contributed by atoms with Crippen LogP contribution in [0.5, 0.6) is 0 Å². The largest absolute Gasteiger partial charge is 0.469 e. The van der Waals surface area contributed by atoms with Crippen molar-refractivity contribution in [3.05, 3.63) is 0 Å². The van der Waals surface area contributed by atoms with Crippen LogP contribution in [0.2, 0.25) is 0 Å². The first kappa shape index (κ1) is 17.8. The molecule has 0 rings (SSSR count). The minimum Gasteiger partial charge on any atom is -0.469 e. The van der Waals surface area contributed by atoms with Crippen LogP contribution in [0.1, 0.15) is 26.7 Å². The predicted octanol–water partition coefficient (Wildman–Crippen LogP) is 0.154. The zero-order valence-corrected chi connectivity index (χ0v) is 12.4. The van der Waals surface area contributed by atoms with E-state index in [2.05, 4.69) is 4.74 Å². The van der Waals surface area contributed by atoms with Crippen molar-refractivity contribution in [3.63, 3.8) is 0 Å². The Morgan fingerprint density at radius 2 is 1.79 bits per heavy atom. The van der Waals surface area contributed by atoms with E-state index in [1.807, 2.05) is 0 Å². The molecule has 8 heteroatoms. The molecule has 7 nitrogen and oxygen atoms in total. The molecule has 112 valence electrons. The van der Waals surface area contributed by atoms with Gasteiger partial charge >= 0.3 is 11.9 Å².